The van der Waals surface area contributed by atoms with Crippen LogP contribution in [0.5, 0.6) is 0 Å². The first-order valence-electron chi connectivity index (χ1n) is 7.24. The van der Waals surface area contributed by atoms with Crippen LogP contribution in [0.1, 0.15) is 28.3 Å². The topological polar surface area (TPSA) is 107 Å². The van der Waals surface area contributed by atoms with Crippen molar-refractivity contribution in [2.75, 3.05) is 6.54 Å². The van der Waals surface area contributed by atoms with Crippen LogP contribution in [-0.4, -0.2) is 28.3 Å². The van der Waals surface area contributed by atoms with E-state index >= 15 is 0 Å². The van der Waals surface area contributed by atoms with E-state index in [0.717, 1.165) is 5.56 Å². The van der Waals surface area contributed by atoms with Gasteiger partial charge in [0.2, 0.25) is 8.00 Å². The maximum atomic E-state index is 11.1. The predicted octanol–water partition coefficient (Wildman–Crippen LogP) is 3.03. The Morgan fingerprint density at radius 1 is 1.32 bits per heavy atom. The van der Waals surface area contributed by atoms with Gasteiger partial charge < -0.3 is 15.7 Å². The standard InChI is InChI=1S/C17H17ClNO4P.ClH/c18-16-5-4-11(14(10-19)6-7-24(22)23)9-15(16)12-2-1-3-13(8-12)17(20)21;/h1-5,7-9,14H,6,10,19H2,(H,20,21)(H,22,23);1H. The summed E-state index contributed by atoms with van der Waals surface area (Å²) in [5, 5.41) is 9.62. The first-order chi connectivity index (χ1) is 11.4. The van der Waals surface area contributed by atoms with E-state index < -0.39 is 14.0 Å². The largest absolute Gasteiger partial charge is 0.603 e. The Morgan fingerprint density at radius 2 is 2.04 bits per heavy atom. The Balaban J connectivity index is 0.00000312. The molecule has 0 radical (unpaired) electrons. The number of nitrogens with two attached hydrogens (primary N) is 1. The monoisotopic (exact) mass is 401 g/mol. The van der Waals surface area contributed by atoms with Gasteiger partial charge in [-0.1, -0.05) is 29.8 Å². The minimum Gasteiger partial charge on any atom is -0.603 e. The van der Waals surface area contributed by atoms with E-state index in [-0.39, 0.29) is 23.9 Å². The lowest BCUT2D eigenvalue weighted by molar-refractivity contribution is -0.167. The van der Waals surface area contributed by atoms with Crippen molar-refractivity contribution in [2.24, 2.45) is 5.73 Å². The highest BCUT2D eigenvalue weighted by atomic mass is 35.5. The zero-order valence-corrected chi connectivity index (χ0v) is 15.6. The van der Waals surface area contributed by atoms with Gasteiger partial charge in [-0.3, -0.25) is 0 Å². The van der Waals surface area contributed by atoms with E-state index in [0.29, 0.717) is 29.1 Å². The molecule has 8 heteroatoms. The summed E-state index contributed by atoms with van der Waals surface area (Å²) < 4.78 is 0. The van der Waals surface area contributed by atoms with E-state index in [9.17, 15) is 9.69 Å². The molecule has 0 aromatic heterocycles. The molecule has 5 nitrogen and oxygen atoms in total. The van der Waals surface area contributed by atoms with Crippen LogP contribution in [0, 0.1) is 0 Å². The number of aromatic carboxylic acids is 1. The second kappa shape index (κ2) is 9.88. The third kappa shape index (κ3) is 5.79. The molecule has 0 spiro atoms. The van der Waals surface area contributed by atoms with Crippen molar-refractivity contribution in [2.45, 2.75) is 12.3 Å². The van der Waals surface area contributed by atoms with E-state index in [1.807, 2.05) is 12.1 Å². The Kier molecular flexibility index (Phi) is 8.53. The molecule has 2 aromatic carbocycles. The lowest BCUT2D eigenvalue weighted by atomic mass is 9.93. The third-order valence-corrected chi connectivity index (χ3v) is 4.57. The van der Waals surface area contributed by atoms with Crippen LogP contribution < -0.4 is 10.6 Å². The molecule has 2 aromatic rings. The first kappa shape index (κ1) is 21.6. The molecule has 134 valence electrons. The summed E-state index contributed by atoms with van der Waals surface area (Å²) in [4.78, 5) is 30.9. The van der Waals surface area contributed by atoms with Crippen LogP contribution in [0.4, 0.5) is 0 Å². The Labute approximate surface area is 158 Å². The maximum absolute atomic E-state index is 11.1. The predicted molar refractivity (Wildman–Crippen MR) is 103 cm³/mol. The average Bonchev–Trinajstić information content (AvgIpc) is 2.56. The van der Waals surface area contributed by atoms with Crippen molar-refractivity contribution < 1.29 is 19.7 Å². The van der Waals surface area contributed by atoms with Crippen LogP contribution in [-0.2, 0) is 0 Å². The van der Waals surface area contributed by atoms with Crippen molar-refractivity contribution in [1.82, 2.24) is 0 Å². The van der Waals surface area contributed by atoms with Gasteiger partial charge in [0.15, 0.2) is 0 Å². The van der Waals surface area contributed by atoms with Crippen molar-refractivity contribution in [3.63, 3.8) is 0 Å². The molecule has 2 atom stereocenters. The Hall–Kier alpha value is -1.46. The second-order valence-electron chi connectivity index (χ2n) is 5.28. The van der Waals surface area contributed by atoms with Gasteiger partial charge in [-0.05, 0) is 41.9 Å². The number of hydrogen-bond acceptors (Lipinski definition) is 4. The Morgan fingerprint density at radius 3 is 2.64 bits per heavy atom. The van der Waals surface area contributed by atoms with Gasteiger partial charge >= 0.3 is 5.97 Å². The molecule has 0 heterocycles. The molecule has 4 N–H and O–H groups in total. The molecular weight excluding hydrogens is 384 g/mol. The molecular formula is C17H18Cl2NO4P. The minimum atomic E-state index is -2.32. The van der Waals surface area contributed by atoms with E-state index in [4.69, 9.17) is 27.3 Å². The number of carbonyl (C=O) groups is 1. The van der Waals surface area contributed by atoms with Crippen molar-refractivity contribution >= 4 is 43.8 Å². The summed E-state index contributed by atoms with van der Waals surface area (Å²) in [7, 11) is -2.32. The number of halogens is 2. The highest BCUT2D eigenvalue weighted by Gasteiger charge is 2.14. The zero-order chi connectivity index (χ0) is 17.7. The minimum absolute atomic E-state index is 0. The SMILES string of the molecule is Cl.NCC(C/C=[P+](/[O-])O)c1ccc(Cl)c(-c2cccc(C(=O)O)c2)c1. The van der Waals surface area contributed by atoms with Crippen LogP contribution in [0.15, 0.2) is 42.5 Å². The van der Waals surface area contributed by atoms with Crippen LogP contribution in [0.2, 0.25) is 5.02 Å². The fraction of sp³-hybridized carbons (Fsp3) is 0.176. The summed E-state index contributed by atoms with van der Waals surface area (Å²) >= 11 is 6.26. The fourth-order valence-electron chi connectivity index (χ4n) is 2.42. The summed E-state index contributed by atoms with van der Waals surface area (Å²) in [5.74, 6) is 0.201. The van der Waals surface area contributed by atoms with Gasteiger partial charge in [0.25, 0.3) is 0 Å². The average molecular weight is 402 g/mol. The van der Waals surface area contributed by atoms with E-state index in [2.05, 4.69) is 0 Å². The molecule has 0 saturated heterocycles. The molecule has 0 aliphatic heterocycles. The molecule has 2 rings (SSSR count). The highest BCUT2D eigenvalue weighted by molar-refractivity contribution is 7.43. The lowest BCUT2D eigenvalue weighted by Crippen LogP contribution is -2.13. The van der Waals surface area contributed by atoms with Gasteiger partial charge in [0.1, 0.15) is 5.80 Å². The number of benzene rings is 2. The third-order valence-electron chi connectivity index (χ3n) is 3.71. The number of rotatable bonds is 6. The maximum Gasteiger partial charge on any atom is 0.335 e. The molecule has 0 bridgehead atoms. The van der Waals surface area contributed by atoms with Crippen molar-refractivity contribution in [1.29, 1.82) is 0 Å². The highest BCUT2D eigenvalue weighted by Crippen LogP contribution is 2.32. The number of carboxylic acids is 1. The first-order valence-corrected chi connectivity index (χ1v) is 8.90. The van der Waals surface area contributed by atoms with E-state index in [1.165, 1.54) is 11.9 Å². The van der Waals surface area contributed by atoms with E-state index in [1.54, 1.807) is 24.3 Å². The van der Waals surface area contributed by atoms with Gasteiger partial charge in [-0.15, -0.1) is 12.4 Å². The molecule has 0 amide bonds. The zero-order valence-electron chi connectivity index (χ0n) is 13.1. The van der Waals surface area contributed by atoms with Crippen molar-refractivity contribution in [3.05, 3.63) is 58.6 Å². The van der Waals surface area contributed by atoms with Crippen molar-refractivity contribution in [3.8, 4) is 11.1 Å². The smallest absolute Gasteiger partial charge is 0.335 e. The second-order valence-corrected chi connectivity index (χ2v) is 6.66. The lowest BCUT2D eigenvalue weighted by Gasteiger charge is -2.15. The number of hydrogen-bond donors (Lipinski definition) is 3. The Bertz CT molecular complexity index is 779. The summed E-state index contributed by atoms with van der Waals surface area (Å²) in [6, 6.07) is 11.9. The molecule has 25 heavy (non-hydrogen) atoms. The van der Waals surface area contributed by atoms with Crippen LogP contribution >= 0.6 is 32.0 Å². The van der Waals surface area contributed by atoms with Gasteiger partial charge in [-0.25, -0.2) is 4.79 Å². The summed E-state index contributed by atoms with van der Waals surface area (Å²) in [6.45, 7) is 0.315. The molecule has 0 aliphatic carbocycles. The summed E-state index contributed by atoms with van der Waals surface area (Å²) in [6.07, 6.45) is 0.373. The summed E-state index contributed by atoms with van der Waals surface area (Å²) in [5.41, 5.74) is 8.22. The molecule has 2 unspecified atom stereocenters. The molecule has 0 saturated carbocycles. The quantitative estimate of drug-likeness (QED) is 0.644. The fourth-order valence-corrected chi connectivity index (χ4v) is 3.09. The van der Waals surface area contributed by atoms with Gasteiger partial charge in [-0.2, -0.15) is 4.89 Å². The van der Waals surface area contributed by atoms with Crippen LogP contribution in [0.3, 0.4) is 0 Å². The van der Waals surface area contributed by atoms with Gasteiger partial charge in [0, 0.05) is 22.9 Å². The molecule has 0 fully saturated rings. The number of carboxylic acid groups (broad SMARTS) is 1. The molecule has 0 aliphatic rings. The van der Waals surface area contributed by atoms with Crippen LogP contribution in [0.25, 0.3) is 11.1 Å². The van der Waals surface area contributed by atoms with Gasteiger partial charge in [0.05, 0.1) is 5.56 Å². The normalized spacial score (nSPS) is 12.4.